The summed E-state index contributed by atoms with van der Waals surface area (Å²) in [6.45, 7) is 2.98. The van der Waals surface area contributed by atoms with E-state index in [4.69, 9.17) is 4.98 Å². The molecular weight excluding hydrogens is 212 g/mol. The van der Waals surface area contributed by atoms with Gasteiger partial charge in [0, 0.05) is 18.7 Å². The Morgan fingerprint density at radius 1 is 1.35 bits per heavy atom. The molecule has 0 radical (unpaired) electrons. The molecule has 3 rings (SSSR count). The summed E-state index contributed by atoms with van der Waals surface area (Å²) in [5.74, 6) is 2.54. The average molecular weight is 230 g/mol. The van der Waals surface area contributed by atoms with Crippen LogP contribution in [0.15, 0.2) is 12.3 Å². The van der Waals surface area contributed by atoms with E-state index in [0.29, 0.717) is 5.92 Å². The monoisotopic (exact) mass is 230 g/mol. The van der Waals surface area contributed by atoms with E-state index in [-0.39, 0.29) is 0 Å². The van der Waals surface area contributed by atoms with Crippen LogP contribution >= 0.6 is 0 Å². The van der Waals surface area contributed by atoms with E-state index in [1.165, 1.54) is 25.7 Å². The summed E-state index contributed by atoms with van der Waals surface area (Å²) in [5.41, 5.74) is 0.956. The molecule has 0 amide bonds. The summed E-state index contributed by atoms with van der Waals surface area (Å²) in [4.78, 5) is 12.5. The number of hydrogen-bond acceptors (Lipinski definition) is 3. The Labute approximate surface area is 101 Å². The molecule has 90 valence electrons. The first-order chi connectivity index (χ1) is 8.38. The van der Waals surface area contributed by atoms with Crippen LogP contribution in [0.1, 0.15) is 44.3 Å². The van der Waals surface area contributed by atoms with E-state index in [9.17, 15) is 0 Å². The number of aromatic nitrogens is 3. The van der Waals surface area contributed by atoms with E-state index in [0.717, 1.165) is 29.2 Å². The van der Waals surface area contributed by atoms with Crippen LogP contribution in [0.3, 0.4) is 0 Å². The van der Waals surface area contributed by atoms with Crippen molar-refractivity contribution in [1.82, 2.24) is 15.0 Å². The summed E-state index contributed by atoms with van der Waals surface area (Å²) >= 11 is 0. The minimum Gasteiger partial charge on any atom is -0.370 e. The third kappa shape index (κ3) is 1.88. The van der Waals surface area contributed by atoms with Gasteiger partial charge >= 0.3 is 0 Å². The minimum absolute atomic E-state index is 0.556. The predicted octanol–water partition coefficient (Wildman–Crippen LogP) is 3.05. The summed E-state index contributed by atoms with van der Waals surface area (Å²) in [7, 11) is 0. The van der Waals surface area contributed by atoms with E-state index in [2.05, 4.69) is 22.2 Å². The van der Waals surface area contributed by atoms with Crippen LogP contribution in [0.4, 0.5) is 5.82 Å². The summed E-state index contributed by atoms with van der Waals surface area (Å²) in [5, 5.41) is 4.42. The van der Waals surface area contributed by atoms with Crippen LogP contribution in [0.5, 0.6) is 0 Å². The van der Waals surface area contributed by atoms with Gasteiger partial charge in [-0.15, -0.1) is 0 Å². The molecule has 0 aromatic carbocycles. The molecule has 2 heterocycles. The zero-order valence-electron chi connectivity index (χ0n) is 10.2. The molecule has 2 aromatic heterocycles. The van der Waals surface area contributed by atoms with Gasteiger partial charge in [-0.3, -0.25) is 0 Å². The topological polar surface area (TPSA) is 53.6 Å². The molecule has 2 aromatic rings. The lowest BCUT2D eigenvalue weighted by Gasteiger charge is -2.11. The maximum Gasteiger partial charge on any atom is 0.143 e. The average Bonchev–Trinajstić information content (AvgIpc) is 3.00. The Balaban J connectivity index is 2.06. The fraction of sp³-hybridized carbons (Fsp3) is 0.538. The molecule has 2 N–H and O–H groups in total. The predicted molar refractivity (Wildman–Crippen MR) is 69.3 cm³/mol. The molecule has 1 fully saturated rings. The lowest BCUT2D eigenvalue weighted by molar-refractivity contribution is 0.672. The molecule has 1 aliphatic rings. The van der Waals surface area contributed by atoms with E-state index in [1.54, 1.807) is 0 Å². The molecule has 17 heavy (non-hydrogen) atoms. The van der Waals surface area contributed by atoms with Gasteiger partial charge in [0.1, 0.15) is 17.3 Å². The first-order valence-corrected chi connectivity index (χ1v) is 6.47. The molecule has 0 spiro atoms. The number of nitrogens with zero attached hydrogens (tertiary/aromatic N) is 2. The Kier molecular flexibility index (Phi) is 2.71. The van der Waals surface area contributed by atoms with Gasteiger partial charge in [-0.1, -0.05) is 12.8 Å². The minimum atomic E-state index is 0.556. The Bertz CT molecular complexity index is 511. The molecule has 0 saturated heterocycles. The van der Waals surface area contributed by atoms with E-state index < -0.39 is 0 Å². The van der Waals surface area contributed by atoms with Gasteiger partial charge in [-0.05, 0) is 25.8 Å². The number of aromatic amines is 1. The lowest BCUT2D eigenvalue weighted by Crippen LogP contribution is -2.06. The molecule has 0 atom stereocenters. The molecule has 4 heteroatoms. The van der Waals surface area contributed by atoms with Crippen molar-refractivity contribution in [1.29, 1.82) is 0 Å². The molecule has 0 aliphatic heterocycles. The molecule has 0 unspecified atom stereocenters. The first-order valence-electron chi connectivity index (χ1n) is 6.47. The summed E-state index contributed by atoms with van der Waals surface area (Å²) in [6.07, 6.45) is 7.02. The fourth-order valence-electron chi connectivity index (χ4n) is 2.63. The SMILES string of the molecule is CCNc1nc(C2CCCC2)nc2[nH]ccc12. The lowest BCUT2D eigenvalue weighted by atomic mass is 10.1. The van der Waals surface area contributed by atoms with Crippen molar-refractivity contribution in [3.63, 3.8) is 0 Å². The maximum absolute atomic E-state index is 4.70. The normalized spacial score (nSPS) is 16.8. The van der Waals surface area contributed by atoms with Gasteiger partial charge in [-0.2, -0.15) is 0 Å². The Morgan fingerprint density at radius 3 is 2.94 bits per heavy atom. The first kappa shape index (κ1) is 10.6. The Hall–Kier alpha value is -1.58. The smallest absolute Gasteiger partial charge is 0.143 e. The van der Waals surface area contributed by atoms with Crippen molar-refractivity contribution in [3.05, 3.63) is 18.1 Å². The standard InChI is InChI=1S/C13H18N4/c1-2-14-12-10-7-8-15-13(10)17-11(16-12)9-5-3-4-6-9/h7-9H,2-6H2,1H3,(H2,14,15,16,17). The highest BCUT2D eigenvalue weighted by atomic mass is 15.1. The second-order valence-electron chi connectivity index (χ2n) is 4.68. The van der Waals surface area contributed by atoms with Crippen molar-refractivity contribution in [2.75, 3.05) is 11.9 Å². The van der Waals surface area contributed by atoms with Gasteiger partial charge in [0.05, 0.1) is 5.39 Å². The van der Waals surface area contributed by atoms with Crippen LogP contribution in [-0.2, 0) is 0 Å². The fourth-order valence-corrected chi connectivity index (χ4v) is 2.63. The zero-order chi connectivity index (χ0) is 11.7. The highest BCUT2D eigenvalue weighted by Crippen LogP contribution is 2.33. The van der Waals surface area contributed by atoms with Gasteiger partial charge in [0.2, 0.25) is 0 Å². The van der Waals surface area contributed by atoms with E-state index in [1.807, 2.05) is 12.3 Å². The number of anilines is 1. The molecule has 1 aliphatic carbocycles. The van der Waals surface area contributed by atoms with Crippen molar-refractivity contribution >= 4 is 16.9 Å². The maximum atomic E-state index is 4.70. The van der Waals surface area contributed by atoms with Gasteiger partial charge in [-0.25, -0.2) is 9.97 Å². The second kappa shape index (κ2) is 4.35. The van der Waals surface area contributed by atoms with Crippen LogP contribution in [0.25, 0.3) is 11.0 Å². The molecule has 4 nitrogen and oxygen atoms in total. The number of fused-ring (bicyclic) bond motifs is 1. The quantitative estimate of drug-likeness (QED) is 0.852. The molecule has 0 bridgehead atoms. The van der Waals surface area contributed by atoms with Crippen molar-refractivity contribution in [2.45, 2.75) is 38.5 Å². The van der Waals surface area contributed by atoms with Gasteiger partial charge in [0.15, 0.2) is 0 Å². The van der Waals surface area contributed by atoms with Crippen molar-refractivity contribution in [2.24, 2.45) is 0 Å². The molecule has 1 saturated carbocycles. The number of nitrogens with one attached hydrogen (secondary N) is 2. The van der Waals surface area contributed by atoms with Crippen LogP contribution in [0.2, 0.25) is 0 Å². The van der Waals surface area contributed by atoms with Gasteiger partial charge in [0.25, 0.3) is 0 Å². The Morgan fingerprint density at radius 2 is 2.18 bits per heavy atom. The number of rotatable bonds is 3. The zero-order valence-corrected chi connectivity index (χ0v) is 10.2. The summed E-state index contributed by atoms with van der Waals surface area (Å²) < 4.78 is 0. The molecular formula is C13H18N4. The largest absolute Gasteiger partial charge is 0.370 e. The van der Waals surface area contributed by atoms with Crippen molar-refractivity contribution < 1.29 is 0 Å². The number of hydrogen-bond donors (Lipinski definition) is 2. The van der Waals surface area contributed by atoms with Crippen LogP contribution in [-0.4, -0.2) is 21.5 Å². The second-order valence-corrected chi connectivity index (χ2v) is 4.68. The third-order valence-corrected chi connectivity index (χ3v) is 3.50. The number of H-pyrrole nitrogens is 1. The highest BCUT2D eigenvalue weighted by Gasteiger charge is 2.21. The van der Waals surface area contributed by atoms with Gasteiger partial charge < -0.3 is 10.3 Å². The highest BCUT2D eigenvalue weighted by molar-refractivity contribution is 5.87. The third-order valence-electron chi connectivity index (χ3n) is 3.50. The van der Waals surface area contributed by atoms with Crippen molar-refractivity contribution in [3.8, 4) is 0 Å². The van der Waals surface area contributed by atoms with Crippen LogP contribution in [0, 0.1) is 0 Å². The summed E-state index contributed by atoms with van der Waals surface area (Å²) in [6, 6.07) is 2.03. The van der Waals surface area contributed by atoms with Crippen LogP contribution < -0.4 is 5.32 Å². The van der Waals surface area contributed by atoms with E-state index >= 15 is 0 Å².